The van der Waals surface area contributed by atoms with E-state index < -0.39 is 0 Å². The number of carbonyl (C=O) groups is 2. The number of hydrogen-bond acceptors (Lipinski definition) is 6. The van der Waals surface area contributed by atoms with Gasteiger partial charge < -0.3 is 19.3 Å². The van der Waals surface area contributed by atoms with Gasteiger partial charge in [0, 0.05) is 43.7 Å². The van der Waals surface area contributed by atoms with Crippen molar-refractivity contribution in [1.29, 1.82) is 0 Å². The Morgan fingerprint density at radius 1 is 1.38 bits per heavy atom. The number of aromatic nitrogens is 5. The molecule has 0 aromatic carbocycles. The maximum atomic E-state index is 12.5. The minimum absolute atomic E-state index is 0.0353. The van der Waals surface area contributed by atoms with Crippen LogP contribution in [0.25, 0.3) is 0 Å². The van der Waals surface area contributed by atoms with Crippen LogP contribution in [-0.2, 0) is 30.7 Å². The highest BCUT2D eigenvalue weighted by Crippen LogP contribution is 2.21. The zero-order valence-electron chi connectivity index (χ0n) is 16.2. The van der Waals surface area contributed by atoms with E-state index in [1.807, 2.05) is 17.7 Å². The first-order valence-corrected chi connectivity index (χ1v) is 9.60. The average molecular weight is 397 g/mol. The molecule has 0 fully saturated rings. The fraction of sp³-hybridized carbons (Fsp3) is 0.421. The second-order valence-electron chi connectivity index (χ2n) is 7.12. The van der Waals surface area contributed by atoms with Gasteiger partial charge in [-0.3, -0.25) is 14.7 Å². The lowest BCUT2D eigenvalue weighted by Crippen LogP contribution is -2.37. The van der Waals surface area contributed by atoms with Gasteiger partial charge in [0.25, 0.3) is 5.91 Å². The van der Waals surface area contributed by atoms with E-state index >= 15 is 0 Å². The molecule has 2 N–H and O–H groups in total. The Kier molecular flexibility index (Phi) is 5.41. The third kappa shape index (κ3) is 4.36. The van der Waals surface area contributed by atoms with E-state index in [1.165, 1.54) is 0 Å². The molecule has 1 aliphatic heterocycles. The molecule has 0 unspecified atom stereocenters. The number of nitrogens with zero attached hydrogens (tertiary/aromatic N) is 5. The van der Waals surface area contributed by atoms with Crippen molar-refractivity contribution >= 4 is 11.8 Å². The summed E-state index contributed by atoms with van der Waals surface area (Å²) in [5, 5.41) is 13.8. The zero-order chi connectivity index (χ0) is 20.2. The van der Waals surface area contributed by atoms with Gasteiger partial charge in [-0.1, -0.05) is 5.16 Å². The molecule has 0 spiro atoms. The van der Waals surface area contributed by atoms with E-state index in [4.69, 9.17) is 4.52 Å². The van der Waals surface area contributed by atoms with Gasteiger partial charge in [0.1, 0.15) is 5.76 Å². The number of imidazole rings is 1. The standard InChI is InChI=1S/C19H23N7O3/c1-13-9-14(29-24-13)10-17(27)26-7-3-15-16(11-26)22-23-18(15)19(28)21-4-2-6-25-8-5-20-12-25/h5,8-9,12H,2-4,6-7,10-11H2,1H3,(H,21,28)(H,22,23). The Morgan fingerprint density at radius 3 is 3.03 bits per heavy atom. The van der Waals surface area contributed by atoms with Crippen molar-refractivity contribution in [2.75, 3.05) is 13.1 Å². The van der Waals surface area contributed by atoms with Crippen LogP contribution in [0.5, 0.6) is 0 Å². The normalized spacial score (nSPS) is 13.3. The molecular formula is C19H23N7O3. The van der Waals surface area contributed by atoms with Crippen molar-refractivity contribution in [3.05, 3.63) is 53.2 Å². The Balaban J connectivity index is 1.30. The van der Waals surface area contributed by atoms with Crippen molar-refractivity contribution in [3.8, 4) is 0 Å². The lowest BCUT2D eigenvalue weighted by atomic mass is 10.0. The number of nitrogens with one attached hydrogen (secondary N) is 2. The van der Waals surface area contributed by atoms with Gasteiger partial charge in [0.05, 0.1) is 30.7 Å². The first-order valence-electron chi connectivity index (χ1n) is 9.60. The molecule has 3 aromatic rings. The second-order valence-corrected chi connectivity index (χ2v) is 7.12. The third-order valence-electron chi connectivity index (χ3n) is 4.94. The number of rotatable bonds is 7. The number of amides is 2. The maximum absolute atomic E-state index is 12.5. The van der Waals surface area contributed by atoms with Crippen molar-refractivity contribution in [2.45, 2.75) is 39.3 Å². The molecule has 0 atom stereocenters. The van der Waals surface area contributed by atoms with Crippen LogP contribution in [0.2, 0.25) is 0 Å². The monoisotopic (exact) mass is 397 g/mol. The van der Waals surface area contributed by atoms with Crippen LogP contribution in [-0.4, -0.2) is 54.7 Å². The van der Waals surface area contributed by atoms with Crippen LogP contribution in [0, 0.1) is 6.92 Å². The van der Waals surface area contributed by atoms with E-state index in [0.29, 0.717) is 37.5 Å². The first kappa shape index (κ1) is 18.9. The van der Waals surface area contributed by atoms with Gasteiger partial charge >= 0.3 is 0 Å². The number of fused-ring (bicyclic) bond motifs is 1. The molecule has 29 heavy (non-hydrogen) atoms. The molecule has 152 valence electrons. The van der Waals surface area contributed by atoms with Crippen LogP contribution in [0.1, 0.15) is 39.6 Å². The van der Waals surface area contributed by atoms with E-state index in [1.54, 1.807) is 23.5 Å². The smallest absolute Gasteiger partial charge is 0.272 e. The van der Waals surface area contributed by atoms with Crippen molar-refractivity contribution in [3.63, 3.8) is 0 Å². The minimum Gasteiger partial charge on any atom is -0.361 e. The van der Waals surface area contributed by atoms with E-state index in [2.05, 4.69) is 25.7 Å². The van der Waals surface area contributed by atoms with Gasteiger partial charge in [0.15, 0.2) is 5.69 Å². The molecule has 10 nitrogen and oxygen atoms in total. The highest BCUT2D eigenvalue weighted by atomic mass is 16.5. The lowest BCUT2D eigenvalue weighted by Gasteiger charge is -2.26. The van der Waals surface area contributed by atoms with Gasteiger partial charge in [-0.15, -0.1) is 0 Å². The molecule has 10 heteroatoms. The minimum atomic E-state index is -0.190. The lowest BCUT2D eigenvalue weighted by molar-refractivity contribution is -0.131. The summed E-state index contributed by atoms with van der Waals surface area (Å²) >= 11 is 0. The van der Waals surface area contributed by atoms with Crippen LogP contribution in [0.4, 0.5) is 0 Å². The van der Waals surface area contributed by atoms with Crippen molar-refractivity contribution in [1.82, 2.24) is 35.1 Å². The Labute approximate surface area is 167 Å². The summed E-state index contributed by atoms with van der Waals surface area (Å²) < 4.78 is 7.09. The number of aryl methyl sites for hydroxylation is 2. The molecule has 3 aromatic heterocycles. The maximum Gasteiger partial charge on any atom is 0.272 e. The summed E-state index contributed by atoms with van der Waals surface area (Å²) in [5.41, 5.74) is 2.86. The number of hydrogen-bond donors (Lipinski definition) is 2. The van der Waals surface area contributed by atoms with Crippen LogP contribution >= 0.6 is 0 Å². The topological polar surface area (TPSA) is 122 Å². The Morgan fingerprint density at radius 2 is 2.28 bits per heavy atom. The van der Waals surface area contributed by atoms with Crippen molar-refractivity contribution in [2.24, 2.45) is 0 Å². The quantitative estimate of drug-likeness (QED) is 0.570. The number of aromatic amines is 1. The van der Waals surface area contributed by atoms with Crippen LogP contribution in [0.15, 0.2) is 29.3 Å². The number of carbonyl (C=O) groups excluding carboxylic acids is 2. The fourth-order valence-electron chi connectivity index (χ4n) is 3.45. The summed E-state index contributed by atoms with van der Waals surface area (Å²) in [7, 11) is 0. The summed E-state index contributed by atoms with van der Waals surface area (Å²) in [6, 6.07) is 1.76. The Hall–Kier alpha value is -3.43. The highest BCUT2D eigenvalue weighted by Gasteiger charge is 2.27. The van der Waals surface area contributed by atoms with Crippen LogP contribution < -0.4 is 5.32 Å². The van der Waals surface area contributed by atoms with Crippen molar-refractivity contribution < 1.29 is 14.1 Å². The van der Waals surface area contributed by atoms with Gasteiger partial charge in [-0.25, -0.2) is 4.98 Å². The summed E-state index contributed by atoms with van der Waals surface area (Å²) in [6.07, 6.45) is 6.94. The average Bonchev–Trinajstić information content (AvgIpc) is 3.45. The van der Waals surface area contributed by atoms with Gasteiger partial charge in [-0.05, 0) is 19.8 Å². The molecule has 0 radical (unpaired) electrons. The van der Waals surface area contributed by atoms with Gasteiger partial charge in [-0.2, -0.15) is 5.10 Å². The molecule has 0 aliphatic carbocycles. The summed E-state index contributed by atoms with van der Waals surface area (Å²) in [6.45, 7) is 4.11. The molecule has 4 heterocycles. The molecule has 4 rings (SSSR count). The fourth-order valence-corrected chi connectivity index (χ4v) is 3.45. The predicted octanol–water partition coefficient (Wildman–Crippen LogP) is 0.850. The molecule has 1 aliphatic rings. The highest BCUT2D eigenvalue weighted by molar-refractivity contribution is 5.94. The zero-order valence-corrected chi connectivity index (χ0v) is 16.2. The summed E-state index contributed by atoms with van der Waals surface area (Å²) in [5.74, 6) is 0.329. The molecule has 2 amide bonds. The van der Waals surface area contributed by atoms with Crippen LogP contribution in [0.3, 0.4) is 0 Å². The summed E-state index contributed by atoms with van der Waals surface area (Å²) in [4.78, 5) is 30.7. The SMILES string of the molecule is Cc1cc(CC(=O)N2CCc3c(C(=O)NCCCn4ccnc4)n[nH]c3C2)on1. The third-order valence-corrected chi connectivity index (χ3v) is 4.94. The van der Waals surface area contributed by atoms with E-state index in [9.17, 15) is 9.59 Å². The molecular weight excluding hydrogens is 374 g/mol. The van der Waals surface area contributed by atoms with Gasteiger partial charge in [0.2, 0.25) is 5.91 Å². The predicted molar refractivity (Wildman–Crippen MR) is 102 cm³/mol. The van der Waals surface area contributed by atoms with E-state index in [-0.39, 0.29) is 18.2 Å². The molecule has 0 bridgehead atoms. The second kappa shape index (κ2) is 8.29. The molecule has 0 saturated heterocycles. The molecule has 0 saturated carbocycles. The largest absolute Gasteiger partial charge is 0.361 e. The van der Waals surface area contributed by atoms with E-state index in [0.717, 1.165) is 29.9 Å². The number of H-pyrrole nitrogens is 1. The first-order chi connectivity index (χ1) is 14.1. The Bertz CT molecular complexity index is 990.